The SMILES string of the molecule is NC(=O)C(CC1CCCC1)N1C(=O)NC(CC2CCCC2)C1=O. The number of carbonyl (C=O) groups is 3. The largest absolute Gasteiger partial charge is 0.368 e. The van der Waals surface area contributed by atoms with Crippen LogP contribution in [0.3, 0.4) is 0 Å². The number of hydrogen-bond acceptors (Lipinski definition) is 3. The van der Waals surface area contributed by atoms with Crippen molar-refractivity contribution in [3.05, 3.63) is 0 Å². The number of nitrogens with zero attached hydrogens (tertiary/aromatic N) is 1. The molecule has 0 radical (unpaired) electrons. The average molecular weight is 321 g/mol. The number of urea groups is 1. The van der Waals surface area contributed by atoms with E-state index >= 15 is 0 Å². The fraction of sp³-hybridized carbons (Fsp3) is 0.824. The third-order valence-electron chi connectivity index (χ3n) is 5.77. The van der Waals surface area contributed by atoms with E-state index in [0.717, 1.165) is 43.4 Å². The van der Waals surface area contributed by atoms with E-state index in [4.69, 9.17) is 5.73 Å². The van der Waals surface area contributed by atoms with Gasteiger partial charge < -0.3 is 11.1 Å². The fourth-order valence-corrected chi connectivity index (χ4v) is 4.49. The van der Waals surface area contributed by atoms with Crippen molar-refractivity contribution in [2.45, 2.75) is 76.3 Å². The normalized spacial score (nSPS) is 27.7. The van der Waals surface area contributed by atoms with Crippen LogP contribution in [0.1, 0.15) is 64.2 Å². The Kier molecular flexibility index (Phi) is 4.87. The van der Waals surface area contributed by atoms with E-state index in [-0.39, 0.29) is 5.91 Å². The lowest BCUT2D eigenvalue weighted by molar-refractivity contribution is -0.135. The number of hydrogen-bond donors (Lipinski definition) is 2. The van der Waals surface area contributed by atoms with Gasteiger partial charge in [0.25, 0.3) is 5.91 Å². The van der Waals surface area contributed by atoms with Gasteiger partial charge >= 0.3 is 6.03 Å². The van der Waals surface area contributed by atoms with E-state index in [0.29, 0.717) is 24.7 Å². The second-order valence-electron chi connectivity index (χ2n) is 7.40. The van der Waals surface area contributed by atoms with Crippen LogP contribution in [0.5, 0.6) is 0 Å². The van der Waals surface area contributed by atoms with Crippen LogP contribution < -0.4 is 11.1 Å². The number of rotatable bonds is 6. The molecule has 0 aromatic heterocycles. The molecule has 2 unspecified atom stereocenters. The topological polar surface area (TPSA) is 92.5 Å². The molecule has 0 aromatic rings. The molecule has 3 N–H and O–H groups in total. The monoisotopic (exact) mass is 321 g/mol. The highest BCUT2D eigenvalue weighted by molar-refractivity contribution is 6.07. The van der Waals surface area contributed by atoms with Crippen LogP contribution in [0.4, 0.5) is 4.79 Å². The standard InChI is InChI=1S/C17H27N3O3/c18-15(21)14(10-12-7-3-4-8-12)20-16(22)13(19-17(20)23)9-11-5-1-2-6-11/h11-14H,1-10H2,(H2,18,21)(H,19,23). The molecule has 1 saturated heterocycles. The predicted octanol–water partition coefficient (Wildman–Crippen LogP) is 1.92. The second kappa shape index (κ2) is 6.89. The minimum absolute atomic E-state index is 0.260. The van der Waals surface area contributed by atoms with Crippen molar-refractivity contribution in [3.8, 4) is 0 Å². The summed E-state index contributed by atoms with van der Waals surface area (Å²) in [6.45, 7) is 0. The molecule has 3 fully saturated rings. The van der Waals surface area contributed by atoms with E-state index < -0.39 is 24.0 Å². The quantitative estimate of drug-likeness (QED) is 0.732. The van der Waals surface area contributed by atoms with Crippen molar-refractivity contribution >= 4 is 17.8 Å². The Morgan fingerprint density at radius 3 is 2.22 bits per heavy atom. The zero-order valence-corrected chi connectivity index (χ0v) is 13.6. The Morgan fingerprint density at radius 1 is 1.09 bits per heavy atom. The van der Waals surface area contributed by atoms with Gasteiger partial charge in [-0.15, -0.1) is 0 Å². The van der Waals surface area contributed by atoms with Crippen LogP contribution in [0.15, 0.2) is 0 Å². The molecule has 2 atom stereocenters. The summed E-state index contributed by atoms with van der Waals surface area (Å²) >= 11 is 0. The molecular weight excluding hydrogens is 294 g/mol. The first-order valence-electron chi connectivity index (χ1n) is 8.99. The van der Waals surface area contributed by atoms with Crippen LogP contribution in [0.25, 0.3) is 0 Å². The van der Waals surface area contributed by atoms with Gasteiger partial charge in [0.1, 0.15) is 12.1 Å². The summed E-state index contributed by atoms with van der Waals surface area (Å²) in [4.78, 5) is 37.9. The molecule has 6 nitrogen and oxygen atoms in total. The van der Waals surface area contributed by atoms with E-state index in [2.05, 4.69) is 5.32 Å². The fourth-order valence-electron chi connectivity index (χ4n) is 4.49. The number of nitrogens with two attached hydrogens (primary N) is 1. The van der Waals surface area contributed by atoms with Crippen LogP contribution in [0.2, 0.25) is 0 Å². The molecule has 1 heterocycles. The van der Waals surface area contributed by atoms with Gasteiger partial charge in [0, 0.05) is 0 Å². The van der Waals surface area contributed by atoms with E-state index in [1.165, 1.54) is 12.8 Å². The van der Waals surface area contributed by atoms with Crippen molar-refractivity contribution in [3.63, 3.8) is 0 Å². The molecule has 2 saturated carbocycles. The minimum atomic E-state index is -0.792. The lowest BCUT2D eigenvalue weighted by Gasteiger charge is -2.25. The van der Waals surface area contributed by atoms with Crippen LogP contribution >= 0.6 is 0 Å². The van der Waals surface area contributed by atoms with Gasteiger partial charge in [0.15, 0.2) is 0 Å². The molecule has 6 heteroatoms. The van der Waals surface area contributed by atoms with E-state index in [9.17, 15) is 14.4 Å². The molecular formula is C17H27N3O3. The van der Waals surface area contributed by atoms with Gasteiger partial charge in [-0.25, -0.2) is 9.69 Å². The van der Waals surface area contributed by atoms with Gasteiger partial charge in [0.2, 0.25) is 5.91 Å². The summed E-state index contributed by atoms with van der Waals surface area (Å²) in [5.41, 5.74) is 5.52. The maximum absolute atomic E-state index is 12.7. The maximum Gasteiger partial charge on any atom is 0.325 e. The smallest absolute Gasteiger partial charge is 0.325 e. The molecule has 1 aliphatic heterocycles. The van der Waals surface area contributed by atoms with Crippen molar-refractivity contribution < 1.29 is 14.4 Å². The third-order valence-corrected chi connectivity index (χ3v) is 5.77. The number of amides is 4. The van der Waals surface area contributed by atoms with Crippen LogP contribution in [-0.2, 0) is 9.59 Å². The summed E-state index contributed by atoms with van der Waals surface area (Å²) in [6.07, 6.45) is 10.3. The first-order chi connectivity index (χ1) is 11.1. The van der Waals surface area contributed by atoms with E-state index in [1.54, 1.807) is 0 Å². The Hall–Kier alpha value is -1.59. The first kappa shape index (κ1) is 16.3. The van der Waals surface area contributed by atoms with Crippen molar-refractivity contribution in [2.75, 3.05) is 0 Å². The summed E-state index contributed by atoms with van der Waals surface area (Å²) in [7, 11) is 0. The average Bonchev–Trinajstić information content (AvgIpc) is 3.22. The maximum atomic E-state index is 12.7. The Bertz CT molecular complexity index is 481. The molecule has 3 rings (SSSR count). The molecule has 0 bridgehead atoms. The summed E-state index contributed by atoms with van der Waals surface area (Å²) in [5, 5.41) is 2.77. The van der Waals surface area contributed by atoms with E-state index in [1.807, 2.05) is 0 Å². The lowest BCUT2D eigenvalue weighted by atomic mass is 9.95. The third kappa shape index (κ3) is 3.51. The molecule has 128 valence electrons. The highest BCUT2D eigenvalue weighted by atomic mass is 16.2. The van der Waals surface area contributed by atoms with Crippen molar-refractivity contribution in [1.29, 1.82) is 0 Å². The van der Waals surface area contributed by atoms with Gasteiger partial charge in [0.05, 0.1) is 0 Å². The van der Waals surface area contributed by atoms with Gasteiger partial charge in [-0.05, 0) is 24.7 Å². The Labute approximate surface area is 137 Å². The highest BCUT2D eigenvalue weighted by Gasteiger charge is 2.45. The zero-order chi connectivity index (χ0) is 16.4. The van der Waals surface area contributed by atoms with Gasteiger partial charge in [-0.1, -0.05) is 51.4 Å². The number of nitrogens with one attached hydrogen (secondary N) is 1. The molecule has 3 aliphatic rings. The molecule has 0 aromatic carbocycles. The molecule has 23 heavy (non-hydrogen) atoms. The number of imide groups is 1. The number of carbonyl (C=O) groups excluding carboxylic acids is 3. The molecule has 4 amide bonds. The van der Waals surface area contributed by atoms with Crippen molar-refractivity contribution in [1.82, 2.24) is 10.2 Å². The highest BCUT2D eigenvalue weighted by Crippen LogP contribution is 2.33. The predicted molar refractivity (Wildman–Crippen MR) is 85.3 cm³/mol. The summed E-state index contributed by atoms with van der Waals surface area (Å²) < 4.78 is 0. The van der Waals surface area contributed by atoms with Crippen molar-refractivity contribution in [2.24, 2.45) is 17.6 Å². The van der Waals surface area contributed by atoms with Crippen LogP contribution in [-0.4, -0.2) is 34.8 Å². The molecule has 0 spiro atoms. The molecule has 2 aliphatic carbocycles. The second-order valence-corrected chi connectivity index (χ2v) is 7.40. The van der Waals surface area contributed by atoms with Crippen LogP contribution in [0, 0.1) is 11.8 Å². The van der Waals surface area contributed by atoms with Gasteiger partial charge in [-0.3, -0.25) is 9.59 Å². The first-order valence-corrected chi connectivity index (χ1v) is 8.99. The lowest BCUT2D eigenvalue weighted by Crippen LogP contribution is -2.49. The minimum Gasteiger partial charge on any atom is -0.368 e. The van der Waals surface area contributed by atoms with Gasteiger partial charge in [-0.2, -0.15) is 0 Å². The summed E-state index contributed by atoms with van der Waals surface area (Å²) in [6, 6.07) is -1.71. The Morgan fingerprint density at radius 2 is 1.65 bits per heavy atom. The number of primary amides is 1. The summed E-state index contributed by atoms with van der Waals surface area (Å²) in [5.74, 6) is 0.0682. The zero-order valence-electron chi connectivity index (χ0n) is 13.6. The Balaban J connectivity index is 1.67.